The van der Waals surface area contributed by atoms with Gasteiger partial charge in [0.15, 0.2) is 0 Å². The zero-order chi connectivity index (χ0) is 23.9. The molecule has 1 aliphatic heterocycles. The van der Waals surface area contributed by atoms with Crippen molar-refractivity contribution in [3.05, 3.63) is 63.5 Å². The molecule has 176 valence electrons. The zero-order valence-electron chi connectivity index (χ0n) is 18.0. The molecule has 33 heavy (non-hydrogen) atoms. The van der Waals surface area contributed by atoms with Gasteiger partial charge in [0.1, 0.15) is 29.3 Å². The fraction of sp³-hybridized carbons (Fsp3) is 0.409. The summed E-state index contributed by atoms with van der Waals surface area (Å²) in [6, 6.07) is 5.20. The Bertz CT molecular complexity index is 1290. The lowest BCUT2D eigenvalue weighted by molar-refractivity contribution is 0.146. The van der Waals surface area contributed by atoms with Crippen LogP contribution in [0.1, 0.15) is 36.0 Å². The summed E-state index contributed by atoms with van der Waals surface area (Å²) in [7, 11) is 1.95. The molecule has 0 bridgehead atoms. The third-order valence-electron chi connectivity index (χ3n) is 6.03. The van der Waals surface area contributed by atoms with Crippen molar-refractivity contribution in [1.29, 1.82) is 0 Å². The van der Waals surface area contributed by atoms with Crippen molar-refractivity contribution >= 4 is 27.7 Å². The van der Waals surface area contributed by atoms with E-state index in [1.54, 1.807) is 7.05 Å². The highest BCUT2D eigenvalue weighted by atomic mass is 32.2. The van der Waals surface area contributed by atoms with E-state index in [1.165, 1.54) is 41.0 Å². The highest BCUT2D eigenvalue weighted by Crippen LogP contribution is 2.37. The third kappa shape index (κ3) is 4.25. The van der Waals surface area contributed by atoms with Crippen LogP contribution in [0.3, 0.4) is 0 Å². The summed E-state index contributed by atoms with van der Waals surface area (Å²) in [4.78, 5) is 22.9. The topological polar surface area (TPSA) is 68.1 Å². The Morgan fingerprint density at radius 1 is 1.24 bits per heavy atom. The van der Waals surface area contributed by atoms with Gasteiger partial charge in [-0.2, -0.15) is 0 Å². The first kappa shape index (κ1) is 23.3. The Morgan fingerprint density at radius 3 is 2.61 bits per heavy atom. The van der Waals surface area contributed by atoms with E-state index in [0.29, 0.717) is 11.2 Å². The third-order valence-corrected chi connectivity index (χ3v) is 7.35. The number of fused-ring (bicyclic) bond motifs is 1. The number of halogens is 4. The van der Waals surface area contributed by atoms with Crippen molar-refractivity contribution < 1.29 is 21.8 Å². The van der Waals surface area contributed by atoms with Crippen molar-refractivity contribution in [2.45, 2.75) is 31.5 Å². The number of pyridine rings is 1. The minimum Gasteiger partial charge on any atom is -0.355 e. The predicted molar refractivity (Wildman–Crippen MR) is 118 cm³/mol. The Labute approximate surface area is 189 Å². The highest BCUT2D eigenvalue weighted by Gasteiger charge is 2.39. The standard InChI is InChI=1S/C22H22F4N4O2S/c1-29(11-13-4-3-5-14(17(13)23)18(24)25)19-15-10-16(22(26)6-8-33(32)9-7-22)21(31)30(2)20(15)28-12-27-19/h3-5,10,12,18H,6-9,11H2,1-2H3. The summed E-state index contributed by atoms with van der Waals surface area (Å²) in [5.74, 6) is -0.379. The van der Waals surface area contributed by atoms with Crippen LogP contribution in [0.5, 0.6) is 0 Å². The predicted octanol–water partition coefficient (Wildman–Crippen LogP) is 3.75. The molecule has 0 unspecified atom stereocenters. The minimum absolute atomic E-state index is 0.0369. The number of nitrogens with zero attached hydrogens (tertiary/aromatic N) is 4. The number of benzene rings is 1. The minimum atomic E-state index is -2.95. The molecule has 6 nitrogen and oxygen atoms in total. The van der Waals surface area contributed by atoms with Crippen LogP contribution < -0.4 is 10.5 Å². The fourth-order valence-corrected chi connectivity index (χ4v) is 5.46. The molecule has 4 rings (SSSR count). The van der Waals surface area contributed by atoms with Crippen LogP contribution in [-0.4, -0.2) is 37.3 Å². The van der Waals surface area contributed by atoms with Gasteiger partial charge in [-0.15, -0.1) is 0 Å². The zero-order valence-corrected chi connectivity index (χ0v) is 18.8. The van der Waals surface area contributed by atoms with Crippen LogP contribution in [0.2, 0.25) is 0 Å². The summed E-state index contributed by atoms with van der Waals surface area (Å²) in [6.45, 7) is -0.0869. The lowest BCUT2D eigenvalue weighted by atomic mass is 9.90. The van der Waals surface area contributed by atoms with Gasteiger partial charge in [0.2, 0.25) is 0 Å². The average molecular weight is 483 g/mol. The number of hydrogen-bond donors (Lipinski definition) is 0. The van der Waals surface area contributed by atoms with Gasteiger partial charge in [-0.05, 0) is 18.9 Å². The van der Waals surface area contributed by atoms with E-state index in [-0.39, 0.29) is 47.7 Å². The molecule has 0 radical (unpaired) electrons. The second kappa shape index (κ2) is 8.85. The second-order valence-electron chi connectivity index (χ2n) is 8.15. The highest BCUT2D eigenvalue weighted by molar-refractivity contribution is 7.85. The van der Waals surface area contributed by atoms with Crippen LogP contribution in [-0.2, 0) is 30.1 Å². The molecule has 1 saturated heterocycles. The Balaban J connectivity index is 1.79. The van der Waals surface area contributed by atoms with Crippen molar-refractivity contribution in [2.24, 2.45) is 7.05 Å². The van der Waals surface area contributed by atoms with Gasteiger partial charge in [-0.25, -0.2) is 27.5 Å². The van der Waals surface area contributed by atoms with Gasteiger partial charge in [0.05, 0.1) is 16.5 Å². The maximum atomic E-state index is 15.8. The molecule has 11 heteroatoms. The Hall–Kier alpha value is -2.82. The number of aryl methyl sites for hydroxylation is 1. The van der Waals surface area contributed by atoms with Crippen molar-refractivity contribution in [3.8, 4) is 0 Å². The van der Waals surface area contributed by atoms with Crippen molar-refractivity contribution in [2.75, 3.05) is 23.5 Å². The summed E-state index contributed by atoms with van der Waals surface area (Å²) in [5, 5.41) is 0.367. The first-order chi connectivity index (χ1) is 15.6. The second-order valence-corrected chi connectivity index (χ2v) is 9.84. The first-order valence-electron chi connectivity index (χ1n) is 10.3. The summed E-state index contributed by atoms with van der Waals surface area (Å²) in [6.07, 6.45) is -1.79. The van der Waals surface area contributed by atoms with Crippen LogP contribution in [0, 0.1) is 5.82 Å². The lowest BCUT2D eigenvalue weighted by Crippen LogP contribution is -2.37. The van der Waals surface area contributed by atoms with E-state index in [4.69, 9.17) is 0 Å². The monoisotopic (exact) mass is 482 g/mol. The SMILES string of the molecule is CN(Cc1cccc(C(F)F)c1F)c1ncnc2c1cc(C1(F)CCS(=O)CC1)c(=O)n2C. The molecule has 0 saturated carbocycles. The average Bonchev–Trinajstić information content (AvgIpc) is 2.79. The number of rotatable bonds is 5. The molecule has 0 atom stereocenters. The van der Waals surface area contributed by atoms with Gasteiger partial charge in [0.25, 0.3) is 12.0 Å². The Kier molecular flexibility index (Phi) is 6.26. The van der Waals surface area contributed by atoms with Gasteiger partial charge in [-0.1, -0.05) is 18.2 Å². The van der Waals surface area contributed by atoms with E-state index >= 15 is 4.39 Å². The molecule has 1 fully saturated rings. The molecule has 0 N–H and O–H groups in total. The van der Waals surface area contributed by atoms with Crippen LogP contribution in [0.15, 0.2) is 35.4 Å². The number of aromatic nitrogens is 3. The van der Waals surface area contributed by atoms with E-state index in [9.17, 15) is 22.2 Å². The van der Waals surface area contributed by atoms with E-state index in [1.807, 2.05) is 0 Å². The molecule has 2 aromatic heterocycles. The molecular formula is C22H22F4N4O2S. The maximum absolute atomic E-state index is 15.8. The number of hydrogen-bond acceptors (Lipinski definition) is 5. The largest absolute Gasteiger partial charge is 0.355 e. The molecule has 3 heterocycles. The van der Waals surface area contributed by atoms with Crippen LogP contribution in [0.25, 0.3) is 11.0 Å². The van der Waals surface area contributed by atoms with Gasteiger partial charge < -0.3 is 4.90 Å². The molecule has 1 aliphatic rings. The maximum Gasteiger partial charge on any atom is 0.266 e. The molecule has 0 aliphatic carbocycles. The normalized spacial score (nSPS) is 21.0. The quantitative estimate of drug-likeness (QED) is 0.519. The number of alkyl halides is 3. The Morgan fingerprint density at radius 2 is 1.94 bits per heavy atom. The van der Waals surface area contributed by atoms with Gasteiger partial charge in [-0.3, -0.25) is 13.6 Å². The summed E-state index contributed by atoms with van der Waals surface area (Å²) < 4.78 is 69.4. The van der Waals surface area contributed by atoms with Crippen LogP contribution in [0.4, 0.5) is 23.4 Å². The van der Waals surface area contributed by atoms with Crippen molar-refractivity contribution in [1.82, 2.24) is 14.5 Å². The van der Waals surface area contributed by atoms with Gasteiger partial charge in [0, 0.05) is 48.5 Å². The molecule has 1 aromatic carbocycles. The van der Waals surface area contributed by atoms with E-state index in [0.717, 1.165) is 6.07 Å². The molecule has 3 aromatic rings. The fourth-order valence-electron chi connectivity index (χ4n) is 4.15. The van der Waals surface area contributed by atoms with E-state index in [2.05, 4.69) is 9.97 Å². The lowest BCUT2D eigenvalue weighted by Gasteiger charge is -2.29. The smallest absolute Gasteiger partial charge is 0.266 e. The first-order valence-corrected chi connectivity index (χ1v) is 11.8. The summed E-state index contributed by atoms with van der Waals surface area (Å²) >= 11 is 0. The molecule has 0 amide bonds. The van der Waals surface area contributed by atoms with Gasteiger partial charge >= 0.3 is 0 Å². The van der Waals surface area contributed by atoms with Crippen LogP contribution >= 0.6 is 0 Å². The summed E-state index contributed by atoms with van der Waals surface area (Å²) in [5.41, 5.74) is -2.92. The number of anilines is 1. The van der Waals surface area contributed by atoms with E-state index < -0.39 is 39.8 Å². The molecule has 0 spiro atoms. The van der Waals surface area contributed by atoms with Crippen molar-refractivity contribution in [3.63, 3.8) is 0 Å². The molecular weight excluding hydrogens is 460 g/mol.